The van der Waals surface area contributed by atoms with Gasteiger partial charge < -0.3 is 9.80 Å². The smallest absolute Gasteiger partial charge is 0.225 e. The van der Waals surface area contributed by atoms with Crippen molar-refractivity contribution in [1.82, 2.24) is 4.90 Å². The second-order valence-electron chi connectivity index (χ2n) is 6.70. The van der Waals surface area contributed by atoms with E-state index in [1.807, 2.05) is 13.8 Å². The molecule has 3 heterocycles. The first-order valence-electron chi connectivity index (χ1n) is 7.84. The van der Waals surface area contributed by atoms with Gasteiger partial charge in [0.1, 0.15) is 0 Å². The van der Waals surface area contributed by atoms with Gasteiger partial charge in [-0.1, -0.05) is 32.0 Å². The standard InChI is InChI=1S/C17H22N2O/c1-11(2)17(20)18-8-7-15-14(10-18)13-5-3-4-12-6-9-19(15)16(12)13/h3-5,11,14-15H,6-10H2,1-2H3/t14-,15-/m0/s1. The summed E-state index contributed by atoms with van der Waals surface area (Å²) in [4.78, 5) is 17.0. The number of carbonyl (C=O) groups excluding carboxylic acids is 1. The maximum absolute atomic E-state index is 12.3. The van der Waals surface area contributed by atoms with E-state index in [9.17, 15) is 4.79 Å². The normalized spacial score (nSPS) is 26.9. The van der Waals surface area contributed by atoms with Crippen molar-refractivity contribution in [2.45, 2.75) is 38.6 Å². The number of para-hydroxylation sites is 1. The van der Waals surface area contributed by atoms with Crippen molar-refractivity contribution >= 4 is 11.6 Å². The van der Waals surface area contributed by atoms with Gasteiger partial charge in [-0.25, -0.2) is 0 Å². The van der Waals surface area contributed by atoms with Gasteiger partial charge in [0.2, 0.25) is 5.91 Å². The molecule has 3 aliphatic rings. The Morgan fingerprint density at radius 2 is 2.15 bits per heavy atom. The number of benzene rings is 1. The van der Waals surface area contributed by atoms with Gasteiger partial charge in [0, 0.05) is 43.2 Å². The Bertz CT molecular complexity index is 566. The Labute approximate surface area is 120 Å². The van der Waals surface area contributed by atoms with E-state index in [1.165, 1.54) is 29.8 Å². The molecule has 3 aliphatic heterocycles. The number of carbonyl (C=O) groups is 1. The second-order valence-corrected chi connectivity index (χ2v) is 6.70. The van der Waals surface area contributed by atoms with Gasteiger partial charge in [0.15, 0.2) is 0 Å². The average molecular weight is 270 g/mol. The molecule has 3 nitrogen and oxygen atoms in total. The first-order valence-corrected chi connectivity index (χ1v) is 7.84. The second kappa shape index (κ2) is 4.24. The fourth-order valence-electron chi connectivity index (χ4n) is 4.33. The predicted octanol–water partition coefficient (Wildman–Crippen LogP) is 2.40. The molecule has 1 fully saturated rings. The molecule has 1 aromatic rings. The van der Waals surface area contributed by atoms with Gasteiger partial charge in [0.05, 0.1) is 0 Å². The van der Waals surface area contributed by atoms with E-state index in [1.54, 1.807) is 0 Å². The van der Waals surface area contributed by atoms with Crippen molar-refractivity contribution in [3.05, 3.63) is 29.3 Å². The molecule has 0 aliphatic carbocycles. The van der Waals surface area contributed by atoms with Gasteiger partial charge in [-0.15, -0.1) is 0 Å². The predicted molar refractivity (Wildman–Crippen MR) is 80.1 cm³/mol. The van der Waals surface area contributed by atoms with Crippen LogP contribution in [0.5, 0.6) is 0 Å². The minimum absolute atomic E-state index is 0.114. The number of hydrogen-bond donors (Lipinski definition) is 0. The quantitative estimate of drug-likeness (QED) is 0.782. The number of rotatable bonds is 1. The third-order valence-corrected chi connectivity index (χ3v) is 5.24. The molecule has 2 atom stereocenters. The van der Waals surface area contributed by atoms with Crippen LogP contribution in [0.15, 0.2) is 18.2 Å². The lowest BCUT2D eigenvalue weighted by molar-refractivity contribution is -0.135. The zero-order valence-corrected chi connectivity index (χ0v) is 12.3. The molecule has 4 rings (SSSR count). The van der Waals surface area contributed by atoms with Crippen molar-refractivity contribution < 1.29 is 4.79 Å². The van der Waals surface area contributed by atoms with Crippen LogP contribution in [0, 0.1) is 5.92 Å². The van der Waals surface area contributed by atoms with E-state index in [0.717, 1.165) is 19.5 Å². The Hall–Kier alpha value is -1.51. The highest BCUT2D eigenvalue weighted by molar-refractivity contribution is 5.79. The molecule has 1 aromatic carbocycles. The SMILES string of the molecule is CC(C)C(=O)N1CC[C@H]2[C@@H](C1)c1cccc3c1N2CC3. The summed E-state index contributed by atoms with van der Waals surface area (Å²) in [6.45, 7) is 7.02. The van der Waals surface area contributed by atoms with Crippen LogP contribution in [0.2, 0.25) is 0 Å². The lowest BCUT2D eigenvalue weighted by Crippen LogP contribution is -2.49. The number of fused-ring (bicyclic) bond motifs is 3. The number of nitrogens with zero attached hydrogens (tertiary/aromatic N) is 2. The van der Waals surface area contributed by atoms with Crippen LogP contribution in [0.3, 0.4) is 0 Å². The number of amides is 1. The molecule has 0 saturated carbocycles. The number of anilines is 1. The Morgan fingerprint density at radius 3 is 2.95 bits per heavy atom. The molecule has 3 heteroatoms. The van der Waals surface area contributed by atoms with Crippen molar-refractivity contribution in [2.75, 3.05) is 24.5 Å². The Kier molecular flexibility index (Phi) is 2.60. The molecule has 1 saturated heterocycles. The Morgan fingerprint density at radius 1 is 1.30 bits per heavy atom. The monoisotopic (exact) mass is 270 g/mol. The van der Waals surface area contributed by atoms with Gasteiger partial charge in [-0.3, -0.25) is 4.79 Å². The van der Waals surface area contributed by atoms with Gasteiger partial charge in [-0.05, 0) is 24.0 Å². The number of likely N-dealkylation sites (tertiary alicyclic amines) is 1. The fraction of sp³-hybridized carbons (Fsp3) is 0.588. The largest absolute Gasteiger partial charge is 0.367 e. The lowest BCUT2D eigenvalue weighted by Gasteiger charge is -2.39. The molecule has 0 unspecified atom stereocenters. The van der Waals surface area contributed by atoms with Crippen LogP contribution in [0.4, 0.5) is 5.69 Å². The van der Waals surface area contributed by atoms with Crippen LogP contribution in [0.25, 0.3) is 0 Å². The zero-order chi connectivity index (χ0) is 13.9. The highest BCUT2D eigenvalue weighted by atomic mass is 16.2. The summed E-state index contributed by atoms with van der Waals surface area (Å²) in [6, 6.07) is 7.38. The average Bonchev–Trinajstić information content (AvgIpc) is 3.02. The third kappa shape index (κ3) is 1.55. The third-order valence-electron chi connectivity index (χ3n) is 5.24. The fourth-order valence-corrected chi connectivity index (χ4v) is 4.33. The molecule has 0 radical (unpaired) electrons. The minimum atomic E-state index is 0.114. The van der Waals surface area contributed by atoms with E-state index in [4.69, 9.17) is 0 Å². The first-order chi connectivity index (χ1) is 9.66. The highest BCUT2D eigenvalue weighted by Gasteiger charge is 2.45. The summed E-state index contributed by atoms with van der Waals surface area (Å²) in [5.74, 6) is 0.959. The number of hydrogen-bond acceptors (Lipinski definition) is 2. The molecule has 0 bridgehead atoms. The maximum Gasteiger partial charge on any atom is 0.225 e. The van der Waals surface area contributed by atoms with Crippen molar-refractivity contribution in [3.63, 3.8) is 0 Å². The first kappa shape index (κ1) is 12.2. The topological polar surface area (TPSA) is 23.6 Å². The summed E-state index contributed by atoms with van der Waals surface area (Å²) >= 11 is 0. The van der Waals surface area contributed by atoms with E-state index in [0.29, 0.717) is 17.9 Å². The van der Waals surface area contributed by atoms with Crippen molar-refractivity contribution in [1.29, 1.82) is 0 Å². The van der Waals surface area contributed by atoms with Gasteiger partial charge in [-0.2, -0.15) is 0 Å². The molecule has 0 spiro atoms. The van der Waals surface area contributed by atoms with E-state index in [2.05, 4.69) is 28.0 Å². The number of piperidine rings is 1. The van der Waals surface area contributed by atoms with Gasteiger partial charge >= 0.3 is 0 Å². The van der Waals surface area contributed by atoms with Crippen molar-refractivity contribution in [2.24, 2.45) is 5.92 Å². The lowest BCUT2D eigenvalue weighted by atomic mass is 9.87. The van der Waals surface area contributed by atoms with Crippen LogP contribution in [-0.2, 0) is 11.2 Å². The molecular formula is C17H22N2O. The summed E-state index contributed by atoms with van der Waals surface area (Å²) in [6.07, 6.45) is 2.32. The summed E-state index contributed by atoms with van der Waals surface area (Å²) in [5.41, 5.74) is 4.51. The summed E-state index contributed by atoms with van der Waals surface area (Å²) in [5, 5.41) is 0. The Balaban J connectivity index is 1.67. The van der Waals surface area contributed by atoms with E-state index in [-0.39, 0.29) is 5.92 Å². The molecular weight excluding hydrogens is 248 g/mol. The molecule has 1 amide bonds. The minimum Gasteiger partial charge on any atom is -0.367 e. The van der Waals surface area contributed by atoms with Crippen LogP contribution < -0.4 is 4.90 Å². The highest BCUT2D eigenvalue weighted by Crippen LogP contribution is 2.49. The summed E-state index contributed by atoms with van der Waals surface area (Å²) in [7, 11) is 0. The van der Waals surface area contributed by atoms with Crippen LogP contribution >= 0.6 is 0 Å². The van der Waals surface area contributed by atoms with Gasteiger partial charge in [0.25, 0.3) is 0 Å². The van der Waals surface area contributed by atoms with Crippen LogP contribution in [0.1, 0.15) is 37.3 Å². The zero-order valence-electron chi connectivity index (χ0n) is 12.3. The summed E-state index contributed by atoms with van der Waals surface area (Å²) < 4.78 is 0. The molecule has 0 aromatic heterocycles. The van der Waals surface area contributed by atoms with E-state index >= 15 is 0 Å². The van der Waals surface area contributed by atoms with Crippen molar-refractivity contribution in [3.8, 4) is 0 Å². The molecule has 20 heavy (non-hydrogen) atoms. The van der Waals surface area contributed by atoms with E-state index < -0.39 is 0 Å². The molecule has 0 N–H and O–H groups in total. The molecule has 106 valence electrons. The van der Waals surface area contributed by atoms with Crippen LogP contribution in [-0.4, -0.2) is 36.5 Å². The maximum atomic E-state index is 12.3.